The number of aromatic hydroxyl groups is 1. The molecule has 11 nitrogen and oxygen atoms in total. The summed E-state index contributed by atoms with van der Waals surface area (Å²) in [6, 6.07) is 10.8. The van der Waals surface area contributed by atoms with Gasteiger partial charge in [0.25, 0.3) is 0 Å². The average molecular weight is 652 g/mol. The molecule has 6 rings (SSSR count). The van der Waals surface area contributed by atoms with Crippen molar-refractivity contribution >= 4 is 29.1 Å². The predicted octanol–water partition coefficient (Wildman–Crippen LogP) is 3.52. The number of phenols is 1. The minimum absolute atomic E-state index is 0.0309. The van der Waals surface area contributed by atoms with Gasteiger partial charge in [0.2, 0.25) is 11.8 Å². The molecule has 1 aliphatic carbocycles. The Kier molecular flexibility index (Phi) is 8.75. The fourth-order valence-electron chi connectivity index (χ4n) is 8.19. The van der Waals surface area contributed by atoms with Crippen LogP contribution in [0.4, 0.5) is 5.69 Å². The van der Waals surface area contributed by atoms with Crippen LogP contribution >= 0.6 is 0 Å². The summed E-state index contributed by atoms with van der Waals surface area (Å²) in [7, 11) is 3.44. The van der Waals surface area contributed by atoms with Crippen LogP contribution in [-0.2, 0) is 25.6 Å². The van der Waals surface area contributed by atoms with Crippen molar-refractivity contribution in [3.8, 4) is 17.6 Å². The maximum absolute atomic E-state index is 14.0. The molecule has 6 atom stereocenters. The first-order valence-electron chi connectivity index (χ1n) is 16.3. The van der Waals surface area contributed by atoms with Crippen LogP contribution in [0.5, 0.6) is 11.5 Å². The number of rotatable bonds is 7. The number of likely N-dealkylation sites (N-methyl/N-ethyl adjacent to an activating group) is 1. The molecule has 3 heterocycles. The first kappa shape index (κ1) is 33.1. The number of allylic oxidation sites excluding steroid dienone is 2. The standard InChI is InChI=1S/C37H41N5O6/c1-18-12-22-14-25-27(16-38)42-26(32(41(25)5)30(22)35(46)36(18)48-6)15-24-31(34(45)21(4)20(3)33(24)44)28(42)17-39-37(47)19(2)13-29(43)40-23-10-8-7-9-11-23/h7-12,19,25-28,32,46H,13-15,17H2,1-6H3,(H,39,47)(H,40,43)/t19-,25+,26+,27+,28+,32+/m1/s1. The Morgan fingerprint density at radius 1 is 1.08 bits per heavy atom. The van der Waals surface area contributed by atoms with E-state index in [1.165, 1.54) is 7.11 Å². The van der Waals surface area contributed by atoms with Crippen molar-refractivity contribution in [1.29, 1.82) is 5.26 Å². The smallest absolute Gasteiger partial charge is 0.225 e. The normalized spacial score (nSPS) is 25.8. The Morgan fingerprint density at radius 3 is 2.44 bits per heavy atom. The molecular weight excluding hydrogens is 610 g/mol. The second kappa shape index (κ2) is 12.7. The molecule has 4 aliphatic rings. The zero-order chi connectivity index (χ0) is 34.6. The number of nitrogens with one attached hydrogen (secondary N) is 2. The van der Waals surface area contributed by atoms with Gasteiger partial charge in [0.05, 0.1) is 25.3 Å². The Bertz CT molecular complexity index is 1820. The molecule has 0 spiro atoms. The number of piperazine rings is 1. The van der Waals surface area contributed by atoms with E-state index in [9.17, 15) is 29.5 Å². The van der Waals surface area contributed by atoms with Crippen LogP contribution < -0.4 is 15.4 Å². The number of hydrogen-bond acceptors (Lipinski definition) is 9. The summed E-state index contributed by atoms with van der Waals surface area (Å²) >= 11 is 0. The molecule has 3 aliphatic heterocycles. The summed E-state index contributed by atoms with van der Waals surface area (Å²) in [5, 5.41) is 28.0. The number of methoxy groups -OCH3 is 1. The van der Waals surface area contributed by atoms with Crippen LogP contribution in [0.15, 0.2) is 58.7 Å². The molecule has 2 bridgehead atoms. The lowest BCUT2D eigenvalue weighted by atomic mass is 9.69. The Labute approximate surface area is 280 Å². The van der Waals surface area contributed by atoms with E-state index in [2.05, 4.69) is 21.6 Å². The molecule has 1 fully saturated rings. The van der Waals surface area contributed by atoms with Crippen molar-refractivity contribution in [3.63, 3.8) is 0 Å². The third-order valence-electron chi connectivity index (χ3n) is 10.7. The van der Waals surface area contributed by atoms with Crippen LogP contribution in [0.1, 0.15) is 56.3 Å². The number of anilines is 1. The topological polar surface area (TPSA) is 152 Å². The maximum Gasteiger partial charge on any atom is 0.225 e. The number of aryl methyl sites for hydroxylation is 1. The third-order valence-corrected chi connectivity index (χ3v) is 10.7. The van der Waals surface area contributed by atoms with Gasteiger partial charge >= 0.3 is 0 Å². The van der Waals surface area contributed by atoms with Gasteiger partial charge in [-0.2, -0.15) is 5.26 Å². The number of carbonyl (C=O) groups is 4. The molecule has 0 unspecified atom stereocenters. The Hall–Kier alpha value is -4.79. The van der Waals surface area contributed by atoms with Gasteiger partial charge in [-0.25, -0.2) is 0 Å². The summed E-state index contributed by atoms with van der Waals surface area (Å²) in [6.07, 6.45) is 0.614. The van der Waals surface area contributed by atoms with E-state index in [1.807, 2.05) is 31.0 Å². The molecule has 3 N–H and O–H groups in total. The fourth-order valence-corrected chi connectivity index (χ4v) is 8.19. The number of fused-ring (bicyclic) bond motifs is 6. The number of ether oxygens (including phenoxy) is 1. The van der Waals surface area contributed by atoms with Gasteiger partial charge in [0, 0.05) is 64.5 Å². The number of amides is 2. The van der Waals surface area contributed by atoms with E-state index in [4.69, 9.17) is 4.74 Å². The van der Waals surface area contributed by atoms with Crippen LogP contribution in [0.2, 0.25) is 0 Å². The lowest BCUT2D eigenvalue weighted by Gasteiger charge is -2.60. The summed E-state index contributed by atoms with van der Waals surface area (Å²) in [6.45, 7) is 6.78. The Balaban J connectivity index is 1.37. The number of phenolic OH excluding ortho intramolecular Hbond substituents is 1. The molecule has 0 saturated carbocycles. The second-order valence-electron chi connectivity index (χ2n) is 13.4. The van der Waals surface area contributed by atoms with Crippen LogP contribution in [0.3, 0.4) is 0 Å². The molecule has 2 amide bonds. The summed E-state index contributed by atoms with van der Waals surface area (Å²) in [4.78, 5) is 58.1. The maximum atomic E-state index is 14.0. The first-order chi connectivity index (χ1) is 22.9. The number of Topliss-reactive ketones (excluding diaryl/α,β-unsaturated/α-hetero) is 2. The number of ketones is 2. The number of para-hydroxylation sites is 1. The number of carbonyl (C=O) groups excluding carboxylic acids is 4. The highest BCUT2D eigenvalue weighted by atomic mass is 16.5. The lowest BCUT2D eigenvalue weighted by Crippen LogP contribution is -2.71. The highest BCUT2D eigenvalue weighted by Gasteiger charge is 2.57. The highest BCUT2D eigenvalue weighted by molar-refractivity contribution is 6.25. The van der Waals surface area contributed by atoms with E-state index in [0.717, 1.165) is 11.1 Å². The van der Waals surface area contributed by atoms with Crippen molar-refractivity contribution in [1.82, 2.24) is 15.1 Å². The zero-order valence-electron chi connectivity index (χ0n) is 28.1. The van der Waals surface area contributed by atoms with Crippen molar-refractivity contribution in [2.45, 2.75) is 77.2 Å². The molecule has 2 aromatic rings. The minimum Gasteiger partial charge on any atom is -0.504 e. The van der Waals surface area contributed by atoms with E-state index in [0.29, 0.717) is 45.7 Å². The molecule has 48 heavy (non-hydrogen) atoms. The second-order valence-corrected chi connectivity index (χ2v) is 13.4. The van der Waals surface area contributed by atoms with Gasteiger partial charge in [0.1, 0.15) is 6.04 Å². The van der Waals surface area contributed by atoms with Crippen LogP contribution in [0.25, 0.3) is 0 Å². The van der Waals surface area contributed by atoms with Crippen molar-refractivity contribution in [3.05, 3.63) is 75.4 Å². The Morgan fingerprint density at radius 2 is 1.77 bits per heavy atom. The predicted molar refractivity (Wildman–Crippen MR) is 178 cm³/mol. The van der Waals surface area contributed by atoms with Gasteiger partial charge in [-0.3, -0.25) is 29.0 Å². The minimum atomic E-state index is -0.785. The quantitative estimate of drug-likeness (QED) is 0.382. The highest BCUT2D eigenvalue weighted by Crippen LogP contribution is 2.53. The number of benzene rings is 2. The van der Waals surface area contributed by atoms with E-state index >= 15 is 0 Å². The zero-order valence-corrected chi connectivity index (χ0v) is 28.1. The monoisotopic (exact) mass is 651 g/mol. The molecule has 250 valence electrons. The van der Waals surface area contributed by atoms with Crippen molar-refractivity contribution in [2.75, 3.05) is 26.0 Å². The average Bonchev–Trinajstić information content (AvgIpc) is 3.05. The van der Waals surface area contributed by atoms with E-state index in [-0.39, 0.29) is 54.6 Å². The van der Waals surface area contributed by atoms with Gasteiger partial charge in [0.15, 0.2) is 23.1 Å². The first-order valence-corrected chi connectivity index (χ1v) is 16.3. The molecule has 11 heteroatoms. The molecule has 0 radical (unpaired) electrons. The summed E-state index contributed by atoms with van der Waals surface area (Å²) in [5.41, 5.74) is 4.45. The molecule has 2 aromatic carbocycles. The molecule has 0 aromatic heterocycles. The summed E-state index contributed by atoms with van der Waals surface area (Å²) in [5.74, 6) is -1.46. The van der Waals surface area contributed by atoms with Gasteiger partial charge in [-0.1, -0.05) is 31.2 Å². The van der Waals surface area contributed by atoms with Crippen LogP contribution in [-0.4, -0.2) is 83.2 Å². The third kappa shape index (κ3) is 5.29. The van der Waals surface area contributed by atoms with Gasteiger partial charge in [-0.05, 0) is 63.9 Å². The summed E-state index contributed by atoms with van der Waals surface area (Å²) < 4.78 is 5.58. The number of nitrogens with zero attached hydrogens (tertiary/aromatic N) is 3. The fraction of sp³-hybridized carbons (Fsp3) is 0.432. The van der Waals surface area contributed by atoms with Crippen LogP contribution in [0, 0.1) is 24.2 Å². The van der Waals surface area contributed by atoms with E-state index in [1.54, 1.807) is 45.0 Å². The van der Waals surface area contributed by atoms with Gasteiger partial charge < -0.3 is 20.5 Å². The number of nitriles is 1. The number of hydrogen-bond donors (Lipinski definition) is 3. The van der Waals surface area contributed by atoms with Gasteiger partial charge in [-0.15, -0.1) is 0 Å². The lowest BCUT2D eigenvalue weighted by molar-refractivity contribution is -0.129. The molecular formula is C37H41N5O6. The van der Waals surface area contributed by atoms with Crippen molar-refractivity contribution in [2.24, 2.45) is 5.92 Å². The largest absolute Gasteiger partial charge is 0.504 e. The SMILES string of the molecule is COc1c(C)cc2c(c1O)[C@@H]1[C@@H]3CC4=C(C(=O)C(C)=C(C)C4=O)[C@H](CNC(=O)[C@H](C)CC(=O)Nc4ccccc4)N3[C@@H](C#N)[C@H](C2)N1C. The molecule has 1 saturated heterocycles. The van der Waals surface area contributed by atoms with Crippen molar-refractivity contribution < 1.29 is 29.0 Å². The van der Waals surface area contributed by atoms with E-state index < -0.39 is 30.1 Å².